The van der Waals surface area contributed by atoms with E-state index in [2.05, 4.69) is 13.8 Å². The number of primary amides is 1. The van der Waals surface area contributed by atoms with Crippen molar-refractivity contribution in [3.8, 4) is 0 Å². The molecule has 0 aromatic heterocycles. The lowest BCUT2D eigenvalue weighted by Crippen LogP contribution is -2.64. The predicted molar refractivity (Wildman–Crippen MR) is 43.7 cm³/mol. The van der Waals surface area contributed by atoms with E-state index >= 15 is 0 Å². The van der Waals surface area contributed by atoms with Gasteiger partial charge in [0.25, 0.3) is 0 Å². The Kier molecular flexibility index (Phi) is 1.92. The molecule has 0 spiro atoms. The van der Waals surface area contributed by atoms with Gasteiger partial charge < -0.3 is 11.5 Å². The zero-order valence-electron chi connectivity index (χ0n) is 7.13. The van der Waals surface area contributed by atoms with Gasteiger partial charge in [-0.25, -0.2) is 0 Å². The van der Waals surface area contributed by atoms with Gasteiger partial charge in [0.15, 0.2) is 0 Å². The minimum Gasteiger partial charge on any atom is -0.368 e. The summed E-state index contributed by atoms with van der Waals surface area (Å²) in [7, 11) is 0. The van der Waals surface area contributed by atoms with Crippen molar-refractivity contribution in [3.63, 3.8) is 0 Å². The summed E-state index contributed by atoms with van der Waals surface area (Å²) in [6, 6.07) is 0. The number of carbonyl (C=O) groups excluding carboxylic acids is 1. The molecular formula is C8H16N2O. The Balaban J connectivity index is 2.67. The third-order valence-corrected chi connectivity index (χ3v) is 2.79. The molecule has 4 N–H and O–H groups in total. The molecule has 0 heterocycles. The highest BCUT2D eigenvalue weighted by atomic mass is 16.1. The van der Waals surface area contributed by atoms with Crippen molar-refractivity contribution >= 4 is 5.91 Å². The minimum absolute atomic E-state index is 0.292. The second-order valence-corrected chi connectivity index (χ2v) is 3.79. The summed E-state index contributed by atoms with van der Waals surface area (Å²) < 4.78 is 0. The molecule has 0 saturated heterocycles. The standard InChI is InChI=1S/C8H16N2O/c1-5(2)6-3-4-8(6,10)7(9)11/h5-6H,3-4,10H2,1-2H3,(H2,9,11)/t6-,8-/m0/s1. The lowest BCUT2D eigenvalue weighted by Gasteiger charge is -2.46. The van der Waals surface area contributed by atoms with Crippen LogP contribution < -0.4 is 11.5 Å². The fourth-order valence-electron chi connectivity index (χ4n) is 1.86. The van der Waals surface area contributed by atoms with Gasteiger partial charge >= 0.3 is 0 Å². The van der Waals surface area contributed by atoms with Crippen LogP contribution in [0.4, 0.5) is 0 Å². The SMILES string of the molecule is CC(C)[C@@H]1CC[C@@]1(N)C(N)=O. The average molecular weight is 156 g/mol. The Morgan fingerprint density at radius 2 is 2.18 bits per heavy atom. The summed E-state index contributed by atoms with van der Waals surface area (Å²) in [6.45, 7) is 4.16. The van der Waals surface area contributed by atoms with Crippen molar-refractivity contribution < 1.29 is 4.79 Å². The molecule has 0 radical (unpaired) electrons. The van der Waals surface area contributed by atoms with Gasteiger partial charge in [-0.05, 0) is 24.7 Å². The van der Waals surface area contributed by atoms with E-state index in [1.807, 2.05) is 0 Å². The number of carbonyl (C=O) groups is 1. The molecule has 0 aromatic carbocycles. The molecule has 0 aliphatic heterocycles. The highest BCUT2D eigenvalue weighted by Crippen LogP contribution is 2.40. The highest BCUT2D eigenvalue weighted by Gasteiger charge is 2.49. The summed E-state index contributed by atoms with van der Waals surface area (Å²) in [5, 5.41) is 0. The molecular weight excluding hydrogens is 140 g/mol. The Labute approximate surface area is 67.1 Å². The normalized spacial score (nSPS) is 36.9. The molecule has 1 amide bonds. The smallest absolute Gasteiger partial charge is 0.237 e. The molecule has 3 nitrogen and oxygen atoms in total. The van der Waals surface area contributed by atoms with Crippen LogP contribution in [0, 0.1) is 11.8 Å². The van der Waals surface area contributed by atoms with Crippen LogP contribution in [0.3, 0.4) is 0 Å². The summed E-state index contributed by atoms with van der Waals surface area (Å²) in [4.78, 5) is 10.9. The summed E-state index contributed by atoms with van der Waals surface area (Å²) >= 11 is 0. The van der Waals surface area contributed by atoms with E-state index in [0.717, 1.165) is 12.8 Å². The first-order valence-electron chi connectivity index (χ1n) is 4.07. The highest BCUT2D eigenvalue weighted by molar-refractivity contribution is 5.85. The largest absolute Gasteiger partial charge is 0.368 e. The summed E-state index contributed by atoms with van der Waals surface area (Å²) in [6.07, 6.45) is 1.79. The maximum Gasteiger partial charge on any atom is 0.237 e. The zero-order chi connectivity index (χ0) is 8.65. The number of rotatable bonds is 2. The molecule has 64 valence electrons. The second kappa shape index (κ2) is 2.48. The lowest BCUT2D eigenvalue weighted by atomic mass is 9.62. The number of amides is 1. The van der Waals surface area contributed by atoms with Crippen LogP contribution in [0.1, 0.15) is 26.7 Å². The van der Waals surface area contributed by atoms with Gasteiger partial charge in [0.1, 0.15) is 0 Å². The van der Waals surface area contributed by atoms with Crippen molar-refractivity contribution in [1.82, 2.24) is 0 Å². The fourth-order valence-corrected chi connectivity index (χ4v) is 1.86. The van der Waals surface area contributed by atoms with E-state index in [4.69, 9.17) is 11.5 Å². The predicted octanol–water partition coefficient (Wildman–Crippen LogP) is 0.235. The first kappa shape index (κ1) is 8.53. The molecule has 0 unspecified atom stereocenters. The number of hydrogen-bond donors (Lipinski definition) is 2. The molecule has 1 rings (SSSR count). The zero-order valence-corrected chi connectivity index (χ0v) is 7.13. The average Bonchev–Trinajstić information content (AvgIpc) is 1.82. The maximum atomic E-state index is 10.9. The van der Waals surface area contributed by atoms with Gasteiger partial charge in [0.05, 0.1) is 5.54 Å². The Hall–Kier alpha value is -0.570. The van der Waals surface area contributed by atoms with Crippen molar-refractivity contribution in [2.75, 3.05) is 0 Å². The van der Waals surface area contributed by atoms with Crippen LogP contribution >= 0.6 is 0 Å². The van der Waals surface area contributed by atoms with Gasteiger partial charge in [-0.15, -0.1) is 0 Å². The van der Waals surface area contributed by atoms with E-state index in [-0.39, 0.29) is 5.91 Å². The monoisotopic (exact) mass is 156 g/mol. The maximum absolute atomic E-state index is 10.9. The second-order valence-electron chi connectivity index (χ2n) is 3.79. The van der Waals surface area contributed by atoms with Gasteiger partial charge in [0.2, 0.25) is 5.91 Å². The molecule has 2 atom stereocenters. The van der Waals surface area contributed by atoms with Gasteiger partial charge in [-0.3, -0.25) is 4.79 Å². The molecule has 0 bridgehead atoms. The lowest BCUT2D eigenvalue weighted by molar-refractivity contribution is -0.130. The van der Waals surface area contributed by atoms with E-state index in [1.54, 1.807) is 0 Å². The Morgan fingerprint density at radius 3 is 2.27 bits per heavy atom. The molecule has 11 heavy (non-hydrogen) atoms. The van der Waals surface area contributed by atoms with Crippen molar-refractivity contribution in [1.29, 1.82) is 0 Å². The number of nitrogens with two attached hydrogens (primary N) is 2. The van der Waals surface area contributed by atoms with Crippen LogP contribution in [0.5, 0.6) is 0 Å². The van der Waals surface area contributed by atoms with Gasteiger partial charge in [0, 0.05) is 0 Å². The Morgan fingerprint density at radius 1 is 1.64 bits per heavy atom. The van der Waals surface area contributed by atoms with Crippen molar-refractivity contribution in [3.05, 3.63) is 0 Å². The fraction of sp³-hybridized carbons (Fsp3) is 0.875. The molecule has 1 fully saturated rings. The third-order valence-electron chi connectivity index (χ3n) is 2.79. The topological polar surface area (TPSA) is 69.1 Å². The molecule has 1 aliphatic rings. The molecule has 1 saturated carbocycles. The van der Waals surface area contributed by atoms with Crippen LogP contribution in [0.2, 0.25) is 0 Å². The van der Waals surface area contributed by atoms with E-state index in [1.165, 1.54) is 0 Å². The van der Waals surface area contributed by atoms with Crippen LogP contribution in [-0.4, -0.2) is 11.4 Å². The third kappa shape index (κ3) is 1.13. The molecule has 1 aliphatic carbocycles. The Bertz CT molecular complexity index is 179. The first-order chi connectivity index (χ1) is 4.98. The van der Waals surface area contributed by atoms with E-state index < -0.39 is 5.54 Å². The van der Waals surface area contributed by atoms with Crippen LogP contribution in [0.25, 0.3) is 0 Å². The molecule has 3 heteroatoms. The summed E-state index contributed by atoms with van der Waals surface area (Å²) in [5.41, 5.74) is 10.3. The molecule has 0 aromatic rings. The number of hydrogen-bond acceptors (Lipinski definition) is 2. The van der Waals surface area contributed by atoms with Crippen LogP contribution in [-0.2, 0) is 4.79 Å². The van der Waals surface area contributed by atoms with E-state index in [0.29, 0.717) is 11.8 Å². The van der Waals surface area contributed by atoms with Gasteiger partial charge in [-0.2, -0.15) is 0 Å². The van der Waals surface area contributed by atoms with Crippen molar-refractivity contribution in [2.24, 2.45) is 23.3 Å². The minimum atomic E-state index is -0.700. The summed E-state index contributed by atoms with van der Waals surface area (Å²) in [5.74, 6) is 0.406. The van der Waals surface area contributed by atoms with E-state index in [9.17, 15) is 4.79 Å². The van der Waals surface area contributed by atoms with Gasteiger partial charge in [-0.1, -0.05) is 13.8 Å². The van der Waals surface area contributed by atoms with Crippen molar-refractivity contribution in [2.45, 2.75) is 32.2 Å². The quantitative estimate of drug-likeness (QED) is 0.601. The van der Waals surface area contributed by atoms with Crippen LogP contribution in [0.15, 0.2) is 0 Å². The first-order valence-corrected chi connectivity index (χ1v) is 4.07.